The number of hydrogen-bond donors (Lipinski definition) is 1. The summed E-state index contributed by atoms with van der Waals surface area (Å²) in [7, 11) is 0. The molecule has 0 aromatic carbocycles. The molecule has 1 N–H and O–H groups in total. The summed E-state index contributed by atoms with van der Waals surface area (Å²) in [5.74, 6) is 0.824. The first-order chi connectivity index (χ1) is 4.81. The third-order valence-corrected chi connectivity index (χ3v) is 2.42. The highest BCUT2D eigenvalue weighted by Crippen LogP contribution is 2.05. The number of alkyl halides is 1. The van der Waals surface area contributed by atoms with Gasteiger partial charge in [-0.05, 0) is 12.8 Å². The summed E-state index contributed by atoms with van der Waals surface area (Å²) in [6.45, 7) is -0.334. The highest BCUT2D eigenvalue weighted by Gasteiger charge is 1.97. The van der Waals surface area contributed by atoms with Gasteiger partial charge in [0.05, 0.1) is 0 Å². The van der Waals surface area contributed by atoms with Crippen molar-refractivity contribution in [2.75, 3.05) is 17.7 Å². The molecule has 0 unspecified atom stereocenters. The van der Waals surface area contributed by atoms with Gasteiger partial charge < -0.3 is 5.11 Å². The van der Waals surface area contributed by atoms with E-state index in [1.165, 1.54) is 11.8 Å². The number of rotatable bonds is 5. The summed E-state index contributed by atoms with van der Waals surface area (Å²) in [6, 6.07) is 0. The van der Waals surface area contributed by atoms with E-state index in [2.05, 4.69) is 15.9 Å². The van der Waals surface area contributed by atoms with Gasteiger partial charge in [-0.3, -0.25) is 4.79 Å². The Morgan fingerprint density at radius 1 is 1.50 bits per heavy atom. The third-order valence-electron chi connectivity index (χ3n) is 0.920. The van der Waals surface area contributed by atoms with Crippen molar-refractivity contribution in [1.82, 2.24) is 0 Å². The number of hydrogen-bond acceptors (Lipinski definition) is 3. The SMILES string of the molecule is O=C(CO)SCCCCBr. The Labute approximate surface area is 73.5 Å². The van der Waals surface area contributed by atoms with Crippen molar-refractivity contribution in [2.45, 2.75) is 12.8 Å². The number of unbranched alkanes of at least 4 members (excludes halogenated alkanes) is 1. The standard InChI is InChI=1S/C6H11BrO2S/c7-3-1-2-4-10-6(9)5-8/h8H,1-5H2. The van der Waals surface area contributed by atoms with Crippen LogP contribution < -0.4 is 0 Å². The molecule has 2 nitrogen and oxygen atoms in total. The minimum Gasteiger partial charge on any atom is -0.388 e. The zero-order valence-electron chi connectivity index (χ0n) is 5.68. The smallest absolute Gasteiger partial charge is 0.214 e. The van der Waals surface area contributed by atoms with Crippen LogP contribution in [-0.2, 0) is 4.79 Å². The first-order valence-electron chi connectivity index (χ1n) is 3.13. The minimum absolute atomic E-state index is 0.130. The predicted octanol–water partition coefficient (Wildman–Crippen LogP) is 1.41. The number of aliphatic hydroxyl groups is 1. The van der Waals surface area contributed by atoms with Crippen molar-refractivity contribution in [3.63, 3.8) is 0 Å². The second-order valence-electron chi connectivity index (χ2n) is 1.77. The van der Waals surface area contributed by atoms with Crippen molar-refractivity contribution < 1.29 is 9.90 Å². The zero-order chi connectivity index (χ0) is 7.82. The van der Waals surface area contributed by atoms with Gasteiger partial charge in [0.2, 0.25) is 5.12 Å². The van der Waals surface area contributed by atoms with Gasteiger partial charge in [-0.1, -0.05) is 27.7 Å². The number of aliphatic hydroxyl groups excluding tert-OH is 1. The fourth-order valence-electron chi connectivity index (χ4n) is 0.428. The fourth-order valence-corrected chi connectivity index (χ4v) is 1.49. The first-order valence-corrected chi connectivity index (χ1v) is 5.24. The molecule has 0 aliphatic rings. The molecule has 0 heterocycles. The lowest BCUT2D eigenvalue weighted by molar-refractivity contribution is -0.113. The molecule has 10 heavy (non-hydrogen) atoms. The average Bonchev–Trinajstić information content (AvgIpc) is 1.98. The molecule has 0 aliphatic carbocycles. The number of thioether (sulfide) groups is 1. The van der Waals surface area contributed by atoms with Gasteiger partial charge >= 0.3 is 0 Å². The van der Waals surface area contributed by atoms with E-state index >= 15 is 0 Å². The molecule has 0 aromatic heterocycles. The van der Waals surface area contributed by atoms with Crippen molar-refractivity contribution in [2.24, 2.45) is 0 Å². The highest BCUT2D eigenvalue weighted by atomic mass is 79.9. The second-order valence-corrected chi connectivity index (χ2v) is 3.72. The van der Waals surface area contributed by atoms with E-state index in [9.17, 15) is 4.79 Å². The molecular formula is C6H11BrO2S. The molecule has 0 radical (unpaired) electrons. The van der Waals surface area contributed by atoms with Crippen molar-refractivity contribution in [3.05, 3.63) is 0 Å². The molecule has 0 aromatic rings. The van der Waals surface area contributed by atoms with Crippen molar-refractivity contribution in [3.8, 4) is 0 Å². The van der Waals surface area contributed by atoms with Crippen LogP contribution in [0.25, 0.3) is 0 Å². The molecule has 0 bridgehead atoms. The van der Waals surface area contributed by atoms with Crippen LogP contribution in [0.4, 0.5) is 0 Å². The Morgan fingerprint density at radius 3 is 2.70 bits per heavy atom. The van der Waals surface area contributed by atoms with E-state index in [4.69, 9.17) is 5.11 Å². The number of carbonyl (C=O) groups is 1. The van der Waals surface area contributed by atoms with Crippen LogP contribution in [0.1, 0.15) is 12.8 Å². The molecule has 60 valence electrons. The molecule has 0 saturated heterocycles. The lowest BCUT2D eigenvalue weighted by Gasteiger charge is -1.94. The normalized spacial score (nSPS) is 9.80. The zero-order valence-corrected chi connectivity index (χ0v) is 8.08. The lowest BCUT2D eigenvalue weighted by atomic mass is 10.4. The fraction of sp³-hybridized carbons (Fsp3) is 0.833. The maximum absolute atomic E-state index is 10.5. The van der Waals surface area contributed by atoms with E-state index in [1.54, 1.807) is 0 Å². The summed E-state index contributed by atoms with van der Waals surface area (Å²) in [6.07, 6.45) is 2.12. The molecule has 0 atom stereocenters. The van der Waals surface area contributed by atoms with Gasteiger partial charge in [0.15, 0.2) is 0 Å². The Bertz CT molecular complexity index is 97.7. The van der Waals surface area contributed by atoms with Gasteiger partial charge in [0, 0.05) is 11.1 Å². The van der Waals surface area contributed by atoms with E-state index in [1.807, 2.05) is 0 Å². The maximum Gasteiger partial charge on any atom is 0.214 e. The molecule has 0 aliphatic heterocycles. The van der Waals surface area contributed by atoms with E-state index in [-0.39, 0.29) is 11.7 Å². The molecule has 0 amide bonds. The van der Waals surface area contributed by atoms with Crippen molar-refractivity contribution >= 4 is 32.8 Å². The van der Waals surface area contributed by atoms with Gasteiger partial charge in [0.1, 0.15) is 6.61 Å². The number of carbonyl (C=O) groups excluding carboxylic acids is 1. The Morgan fingerprint density at radius 2 is 2.20 bits per heavy atom. The summed E-state index contributed by atoms with van der Waals surface area (Å²) in [5.41, 5.74) is 0. The Kier molecular flexibility index (Phi) is 7.91. The van der Waals surface area contributed by atoms with E-state index in [0.29, 0.717) is 0 Å². The number of halogens is 1. The summed E-state index contributed by atoms with van der Waals surface area (Å²) in [4.78, 5) is 10.5. The van der Waals surface area contributed by atoms with Crippen LogP contribution in [0.2, 0.25) is 0 Å². The highest BCUT2D eigenvalue weighted by molar-refractivity contribution is 9.09. The quantitative estimate of drug-likeness (QED) is 0.570. The third kappa shape index (κ3) is 6.58. The summed E-state index contributed by atoms with van der Waals surface area (Å²) < 4.78 is 0. The van der Waals surface area contributed by atoms with Crippen LogP contribution in [0.5, 0.6) is 0 Å². The maximum atomic E-state index is 10.5. The molecule has 0 rings (SSSR count). The molecular weight excluding hydrogens is 216 g/mol. The van der Waals surface area contributed by atoms with Crippen LogP contribution >= 0.6 is 27.7 Å². The van der Waals surface area contributed by atoms with Crippen LogP contribution in [0.3, 0.4) is 0 Å². The van der Waals surface area contributed by atoms with Gasteiger partial charge in [0.25, 0.3) is 0 Å². The van der Waals surface area contributed by atoms with Gasteiger partial charge in [-0.2, -0.15) is 0 Å². The lowest BCUT2D eigenvalue weighted by Crippen LogP contribution is -1.98. The summed E-state index contributed by atoms with van der Waals surface area (Å²) in [5, 5.41) is 9.17. The Hall–Kier alpha value is 0.460. The van der Waals surface area contributed by atoms with Crippen LogP contribution in [0.15, 0.2) is 0 Å². The van der Waals surface area contributed by atoms with Gasteiger partial charge in [-0.25, -0.2) is 0 Å². The monoisotopic (exact) mass is 226 g/mol. The largest absolute Gasteiger partial charge is 0.388 e. The topological polar surface area (TPSA) is 37.3 Å². The molecule has 4 heteroatoms. The predicted molar refractivity (Wildman–Crippen MR) is 47.6 cm³/mol. The van der Waals surface area contributed by atoms with Crippen molar-refractivity contribution in [1.29, 1.82) is 0 Å². The van der Waals surface area contributed by atoms with E-state index in [0.717, 1.165) is 23.9 Å². The molecule has 0 spiro atoms. The molecule has 0 fully saturated rings. The Balaban J connectivity index is 2.96. The first kappa shape index (κ1) is 10.5. The summed E-state index contributed by atoms with van der Waals surface area (Å²) >= 11 is 4.50. The van der Waals surface area contributed by atoms with Crippen LogP contribution in [0, 0.1) is 0 Å². The van der Waals surface area contributed by atoms with E-state index < -0.39 is 0 Å². The molecule has 0 saturated carbocycles. The van der Waals surface area contributed by atoms with Crippen LogP contribution in [-0.4, -0.2) is 27.9 Å². The minimum atomic E-state index is -0.334. The second kappa shape index (κ2) is 7.57. The average molecular weight is 227 g/mol. The van der Waals surface area contributed by atoms with Gasteiger partial charge in [-0.15, -0.1) is 0 Å².